The molecule has 4 atom stereocenters. The maximum Gasteiger partial charge on any atom is 0.227 e. The van der Waals surface area contributed by atoms with E-state index < -0.39 is 0 Å². The van der Waals surface area contributed by atoms with Gasteiger partial charge in [-0.2, -0.15) is 4.98 Å². The Kier molecular flexibility index (Phi) is 6.99. The van der Waals surface area contributed by atoms with Gasteiger partial charge in [-0.15, -0.1) is 0 Å². The van der Waals surface area contributed by atoms with Crippen molar-refractivity contribution in [2.75, 3.05) is 54.0 Å². The fraction of sp³-hybridized carbons (Fsp3) is 0.486. The smallest absolute Gasteiger partial charge is 0.227 e. The second kappa shape index (κ2) is 10.8. The molecule has 1 aliphatic heterocycles. The van der Waals surface area contributed by atoms with Crippen molar-refractivity contribution < 1.29 is 0 Å². The van der Waals surface area contributed by atoms with E-state index in [1.165, 1.54) is 12.8 Å². The minimum Gasteiger partial charge on any atom is -0.357 e. The number of anilines is 3. The molecular formula is C35H43N7. The van der Waals surface area contributed by atoms with Crippen molar-refractivity contribution in [2.45, 2.75) is 47.0 Å². The average molecular weight is 562 g/mol. The molecule has 7 nitrogen and oxygen atoms in total. The predicted octanol–water partition coefficient (Wildman–Crippen LogP) is 6.53. The first kappa shape index (κ1) is 27.1. The highest BCUT2D eigenvalue weighted by atomic mass is 15.3. The quantitative estimate of drug-likeness (QED) is 0.215. The fourth-order valence-corrected chi connectivity index (χ4v) is 8.11. The van der Waals surface area contributed by atoms with Crippen LogP contribution in [0.4, 0.5) is 17.6 Å². The van der Waals surface area contributed by atoms with Gasteiger partial charge in [-0.1, -0.05) is 36.4 Å². The van der Waals surface area contributed by atoms with E-state index in [1.807, 2.05) is 0 Å². The van der Waals surface area contributed by atoms with Crippen molar-refractivity contribution in [3.8, 4) is 0 Å². The zero-order chi connectivity index (χ0) is 28.8. The first-order chi connectivity index (χ1) is 20.6. The van der Waals surface area contributed by atoms with Crippen LogP contribution in [0.3, 0.4) is 0 Å². The topological polar surface area (TPSA) is 61.3 Å². The third-order valence-electron chi connectivity index (χ3n) is 10.4. The summed E-state index contributed by atoms with van der Waals surface area (Å²) in [7, 11) is 0. The highest BCUT2D eigenvalue weighted by Crippen LogP contribution is 2.57. The van der Waals surface area contributed by atoms with Crippen molar-refractivity contribution in [1.82, 2.24) is 19.9 Å². The summed E-state index contributed by atoms with van der Waals surface area (Å²) in [5.74, 6) is 5.77. The Hall–Kier alpha value is -3.74. The third-order valence-corrected chi connectivity index (χ3v) is 10.4. The molecule has 3 aliphatic carbocycles. The van der Waals surface area contributed by atoms with Gasteiger partial charge in [0.15, 0.2) is 0 Å². The zero-order valence-corrected chi connectivity index (χ0v) is 25.5. The average Bonchev–Trinajstić information content (AvgIpc) is 3.51. The van der Waals surface area contributed by atoms with Gasteiger partial charge in [-0.05, 0) is 82.6 Å². The molecule has 2 aromatic carbocycles. The lowest BCUT2D eigenvalue weighted by atomic mass is 9.54. The van der Waals surface area contributed by atoms with Gasteiger partial charge in [-0.3, -0.25) is 0 Å². The molecule has 8 rings (SSSR count). The SMILES string of the molecule is CCN(CC)c1nc(CC23C=CC(CC2)C2CN(c4nc(N(CC)CC)c5ccccc5n4)CC23)nc2ccccc12. The van der Waals surface area contributed by atoms with Gasteiger partial charge in [0.1, 0.15) is 17.5 Å². The lowest BCUT2D eigenvalue weighted by Gasteiger charge is -2.50. The predicted molar refractivity (Wildman–Crippen MR) is 173 cm³/mol. The maximum atomic E-state index is 5.26. The van der Waals surface area contributed by atoms with Crippen LogP contribution in [-0.4, -0.2) is 59.2 Å². The molecule has 3 heterocycles. The Morgan fingerprint density at radius 1 is 0.762 bits per heavy atom. The minimum atomic E-state index is 0.0652. The molecule has 4 aliphatic rings. The Morgan fingerprint density at radius 2 is 1.38 bits per heavy atom. The van der Waals surface area contributed by atoms with E-state index in [2.05, 4.69) is 103 Å². The van der Waals surface area contributed by atoms with E-state index in [9.17, 15) is 0 Å². The van der Waals surface area contributed by atoms with E-state index in [0.717, 1.165) is 90.9 Å². The Morgan fingerprint density at radius 3 is 2.00 bits per heavy atom. The number of aromatic nitrogens is 4. The number of rotatable bonds is 9. The van der Waals surface area contributed by atoms with Crippen LogP contribution in [0.2, 0.25) is 0 Å². The highest BCUT2D eigenvalue weighted by Gasteiger charge is 2.54. The molecule has 0 spiro atoms. The molecule has 218 valence electrons. The number of hydrogen-bond acceptors (Lipinski definition) is 7. The van der Waals surface area contributed by atoms with Crippen LogP contribution in [0.15, 0.2) is 60.7 Å². The highest BCUT2D eigenvalue weighted by molar-refractivity contribution is 5.91. The molecule has 42 heavy (non-hydrogen) atoms. The van der Waals surface area contributed by atoms with Crippen molar-refractivity contribution >= 4 is 39.4 Å². The van der Waals surface area contributed by atoms with Gasteiger partial charge in [-0.25, -0.2) is 15.0 Å². The van der Waals surface area contributed by atoms with Crippen LogP contribution < -0.4 is 14.7 Å². The molecule has 7 heteroatoms. The molecule has 2 bridgehead atoms. The molecule has 4 unspecified atom stereocenters. The van der Waals surface area contributed by atoms with E-state index in [1.54, 1.807) is 0 Å². The van der Waals surface area contributed by atoms with Gasteiger partial charge in [0, 0.05) is 61.9 Å². The van der Waals surface area contributed by atoms with Crippen LogP contribution in [-0.2, 0) is 6.42 Å². The molecule has 2 aromatic heterocycles. The molecule has 2 fully saturated rings. The summed E-state index contributed by atoms with van der Waals surface area (Å²) in [5, 5.41) is 2.28. The summed E-state index contributed by atoms with van der Waals surface area (Å²) >= 11 is 0. The number of benzene rings is 2. The second-order valence-corrected chi connectivity index (χ2v) is 12.3. The van der Waals surface area contributed by atoms with E-state index in [4.69, 9.17) is 19.9 Å². The first-order valence-corrected chi connectivity index (χ1v) is 16.0. The number of hydrogen-bond donors (Lipinski definition) is 0. The Labute approximate surface area is 249 Å². The van der Waals surface area contributed by atoms with Crippen LogP contribution >= 0.6 is 0 Å². The number of allylic oxidation sites excluding steroid dienone is 2. The molecular weight excluding hydrogens is 518 g/mol. The third kappa shape index (κ3) is 4.40. The summed E-state index contributed by atoms with van der Waals surface area (Å²) in [6.07, 6.45) is 8.38. The monoisotopic (exact) mass is 561 g/mol. The number of nitrogens with zero attached hydrogens (tertiary/aromatic N) is 7. The Balaban J connectivity index is 1.24. The Bertz CT molecular complexity index is 1620. The van der Waals surface area contributed by atoms with Gasteiger partial charge in [0.2, 0.25) is 5.95 Å². The normalized spacial score (nSPS) is 24.5. The minimum absolute atomic E-state index is 0.0652. The molecule has 1 saturated heterocycles. The zero-order valence-electron chi connectivity index (χ0n) is 25.5. The van der Waals surface area contributed by atoms with Crippen molar-refractivity contribution in [2.24, 2.45) is 23.2 Å². The fourth-order valence-electron chi connectivity index (χ4n) is 8.11. The summed E-state index contributed by atoms with van der Waals surface area (Å²) < 4.78 is 0. The van der Waals surface area contributed by atoms with Gasteiger partial charge < -0.3 is 14.7 Å². The second-order valence-electron chi connectivity index (χ2n) is 12.3. The van der Waals surface area contributed by atoms with Gasteiger partial charge >= 0.3 is 0 Å². The van der Waals surface area contributed by atoms with E-state index in [-0.39, 0.29) is 5.41 Å². The van der Waals surface area contributed by atoms with Crippen molar-refractivity contribution in [1.29, 1.82) is 0 Å². The number of para-hydroxylation sites is 2. The van der Waals surface area contributed by atoms with E-state index in [0.29, 0.717) is 17.8 Å². The molecule has 0 radical (unpaired) electrons. The lowest BCUT2D eigenvalue weighted by molar-refractivity contribution is 0.0710. The lowest BCUT2D eigenvalue weighted by Crippen LogP contribution is -2.46. The summed E-state index contributed by atoms with van der Waals surface area (Å²) in [4.78, 5) is 28.0. The summed E-state index contributed by atoms with van der Waals surface area (Å²) in [5.41, 5.74) is 2.14. The van der Waals surface area contributed by atoms with Crippen molar-refractivity contribution in [3.63, 3.8) is 0 Å². The van der Waals surface area contributed by atoms with Crippen LogP contribution in [0.5, 0.6) is 0 Å². The van der Waals surface area contributed by atoms with Gasteiger partial charge in [0.05, 0.1) is 11.0 Å². The maximum absolute atomic E-state index is 5.26. The molecule has 0 amide bonds. The molecule has 1 saturated carbocycles. The molecule has 0 N–H and O–H groups in total. The first-order valence-electron chi connectivity index (χ1n) is 16.0. The van der Waals surface area contributed by atoms with E-state index >= 15 is 0 Å². The van der Waals surface area contributed by atoms with Crippen LogP contribution in [0, 0.1) is 23.2 Å². The summed E-state index contributed by atoms with van der Waals surface area (Å²) in [6, 6.07) is 17.0. The van der Waals surface area contributed by atoms with Crippen molar-refractivity contribution in [3.05, 3.63) is 66.5 Å². The van der Waals surface area contributed by atoms with Crippen LogP contribution in [0.1, 0.15) is 46.4 Å². The standard InChI is InChI=1S/C35H43N7/c1-5-40(6-2)32-25-13-9-11-15-29(25)36-31(38-32)21-35-19-17-24(18-20-35)27-22-42(23-28(27)35)34-37-30-16-12-10-14-26(30)33(39-34)41(7-3)8-4/h9-17,19,24,27-28H,5-8,18,20-23H2,1-4H3. The largest absolute Gasteiger partial charge is 0.357 e. The number of fused-ring (bicyclic) bond motifs is 3. The summed E-state index contributed by atoms with van der Waals surface area (Å²) in [6.45, 7) is 14.6. The van der Waals surface area contributed by atoms with Crippen LogP contribution in [0.25, 0.3) is 21.8 Å². The van der Waals surface area contributed by atoms with Gasteiger partial charge in [0.25, 0.3) is 0 Å². The molecule has 4 aromatic rings.